The van der Waals surface area contributed by atoms with Gasteiger partial charge in [0.1, 0.15) is 0 Å². The monoisotopic (exact) mass is 238 g/mol. The Morgan fingerprint density at radius 3 is 2.53 bits per heavy atom. The summed E-state index contributed by atoms with van der Waals surface area (Å²) < 4.78 is 4.23. The van der Waals surface area contributed by atoms with Crippen molar-refractivity contribution in [2.45, 2.75) is 6.92 Å². The number of nitro benzene ring substituents is 1. The van der Waals surface area contributed by atoms with E-state index in [-0.39, 0.29) is 5.69 Å². The molecule has 0 bridgehead atoms. The van der Waals surface area contributed by atoms with Crippen LogP contribution in [0.2, 0.25) is 0 Å². The van der Waals surface area contributed by atoms with Gasteiger partial charge in [-0.3, -0.25) is 14.9 Å². The molecular weight excluding hydrogens is 228 g/mol. The SMILES string of the molecule is COC(=O)C(=O)Nc1ccc([N+](=O)[O-])cc1C. The minimum absolute atomic E-state index is 0.0847. The first-order valence-electron chi connectivity index (χ1n) is 4.60. The van der Waals surface area contributed by atoms with Gasteiger partial charge in [-0.25, -0.2) is 4.79 Å². The fourth-order valence-electron chi connectivity index (χ4n) is 1.17. The van der Waals surface area contributed by atoms with Gasteiger partial charge in [0.15, 0.2) is 0 Å². The second-order valence-corrected chi connectivity index (χ2v) is 3.20. The van der Waals surface area contributed by atoms with Gasteiger partial charge < -0.3 is 10.1 Å². The van der Waals surface area contributed by atoms with Crippen molar-refractivity contribution in [3.05, 3.63) is 33.9 Å². The molecule has 0 saturated heterocycles. The molecule has 0 radical (unpaired) electrons. The Balaban J connectivity index is 2.90. The van der Waals surface area contributed by atoms with Crippen LogP contribution in [0.25, 0.3) is 0 Å². The Labute approximate surface area is 96.5 Å². The number of esters is 1. The molecule has 0 saturated carbocycles. The smallest absolute Gasteiger partial charge is 0.396 e. The summed E-state index contributed by atoms with van der Waals surface area (Å²) in [6.07, 6.45) is 0. The van der Waals surface area contributed by atoms with Crippen LogP contribution in [0.3, 0.4) is 0 Å². The standard InChI is InChI=1S/C10H10N2O5/c1-6-5-7(12(15)16)3-4-8(6)11-9(13)10(14)17-2/h3-5H,1-2H3,(H,11,13). The Bertz CT molecular complexity index is 484. The van der Waals surface area contributed by atoms with Crippen LogP contribution in [0.5, 0.6) is 0 Å². The van der Waals surface area contributed by atoms with Gasteiger partial charge in [-0.1, -0.05) is 0 Å². The largest absolute Gasteiger partial charge is 0.462 e. The summed E-state index contributed by atoms with van der Waals surface area (Å²) in [5, 5.41) is 12.8. The number of methoxy groups -OCH3 is 1. The number of benzene rings is 1. The van der Waals surface area contributed by atoms with E-state index in [1.54, 1.807) is 6.92 Å². The fourth-order valence-corrected chi connectivity index (χ4v) is 1.17. The van der Waals surface area contributed by atoms with Gasteiger partial charge >= 0.3 is 11.9 Å². The molecule has 7 nitrogen and oxygen atoms in total. The first kappa shape index (κ1) is 12.6. The molecule has 0 atom stereocenters. The van der Waals surface area contributed by atoms with E-state index in [4.69, 9.17) is 0 Å². The van der Waals surface area contributed by atoms with E-state index in [1.807, 2.05) is 0 Å². The number of amides is 1. The average molecular weight is 238 g/mol. The quantitative estimate of drug-likeness (QED) is 0.359. The highest BCUT2D eigenvalue weighted by atomic mass is 16.6. The van der Waals surface area contributed by atoms with Crippen LogP contribution in [0.1, 0.15) is 5.56 Å². The number of nitrogens with one attached hydrogen (secondary N) is 1. The van der Waals surface area contributed by atoms with E-state index < -0.39 is 16.8 Å². The molecule has 7 heteroatoms. The number of aryl methyl sites for hydroxylation is 1. The van der Waals surface area contributed by atoms with E-state index in [2.05, 4.69) is 10.1 Å². The highest BCUT2D eigenvalue weighted by Gasteiger charge is 2.16. The Morgan fingerprint density at radius 2 is 2.06 bits per heavy atom. The third-order valence-corrected chi connectivity index (χ3v) is 2.04. The number of hydrogen-bond acceptors (Lipinski definition) is 5. The van der Waals surface area contributed by atoms with Crippen molar-refractivity contribution in [1.82, 2.24) is 0 Å². The zero-order valence-electron chi connectivity index (χ0n) is 9.22. The van der Waals surface area contributed by atoms with Gasteiger partial charge in [0.25, 0.3) is 5.69 Å². The number of hydrogen-bond donors (Lipinski definition) is 1. The summed E-state index contributed by atoms with van der Waals surface area (Å²) >= 11 is 0. The lowest BCUT2D eigenvalue weighted by Crippen LogP contribution is -2.24. The van der Waals surface area contributed by atoms with Crippen molar-refractivity contribution < 1.29 is 19.2 Å². The van der Waals surface area contributed by atoms with Gasteiger partial charge in [0.2, 0.25) is 0 Å². The molecular formula is C10H10N2O5. The maximum atomic E-state index is 11.2. The molecule has 0 aromatic heterocycles. The van der Waals surface area contributed by atoms with E-state index in [0.29, 0.717) is 11.3 Å². The fraction of sp³-hybridized carbons (Fsp3) is 0.200. The number of ether oxygens (including phenoxy) is 1. The summed E-state index contributed by atoms with van der Waals surface area (Å²) in [5.74, 6) is -1.95. The van der Waals surface area contributed by atoms with Crippen molar-refractivity contribution in [3.8, 4) is 0 Å². The van der Waals surface area contributed by atoms with Crippen molar-refractivity contribution in [2.24, 2.45) is 0 Å². The molecule has 1 aromatic rings. The first-order valence-corrected chi connectivity index (χ1v) is 4.60. The second kappa shape index (κ2) is 5.06. The minimum Gasteiger partial charge on any atom is -0.462 e. The number of non-ortho nitro benzene ring substituents is 1. The molecule has 0 aliphatic carbocycles. The summed E-state index contributed by atoms with van der Waals surface area (Å²) in [6.45, 7) is 1.58. The normalized spacial score (nSPS) is 9.53. The van der Waals surface area contributed by atoms with Gasteiger partial charge in [0.05, 0.1) is 12.0 Å². The molecule has 90 valence electrons. The van der Waals surface area contributed by atoms with Crippen LogP contribution in [-0.2, 0) is 14.3 Å². The number of nitro groups is 1. The molecule has 0 fully saturated rings. The Hall–Kier alpha value is -2.44. The molecule has 1 N–H and O–H groups in total. The third kappa shape index (κ3) is 3.00. The summed E-state index contributed by atoms with van der Waals surface area (Å²) in [5.41, 5.74) is 0.723. The van der Waals surface area contributed by atoms with Crippen LogP contribution in [-0.4, -0.2) is 23.9 Å². The molecule has 0 unspecified atom stereocenters. The molecule has 17 heavy (non-hydrogen) atoms. The van der Waals surface area contributed by atoms with Crippen LogP contribution in [0.15, 0.2) is 18.2 Å². The topological polar surface area (TPSA) is 98.5 Å². The van der Waals surface area contributed by atoms with Crippen LogP contribution in [0.4, 0.5) is 11.4 Å². The first-order chi connectivity index (χ1) is 7.95. The van der Waals surface area contributed by atoms with Crippen molar-refractivity contribution in [3.63, 3.8) is 0 Å². The van der Waals surface area contributed by atoms with E-state index in [9.17, 15) is 19.7 Å². The van der Waals surface area contributed by atoms with Crippen LogP contribution in [0, 0.1) is 17.0 Å². The average Bonchev–Trinajstić information content (AvgIpc) is 2.30. The Morgan fingerprint density at radius 1 is 1.41 bits per heavy atom. The molecule has 0 aliphatic heterocycles. The van der Waals surface area contributed by atoms with Gasteiger partial charge in [-0.05, 0) is 18.6 Å². The zero-order valence-corrected chi connectivity index (χ0v) is 9.22. The highest BCUT2D eigenvalue weighted by molar-refractivity contribution is 6.37. The van der Waals surface area contributed by atoms with Gasteiger partial charge in [-0.15, -0.1) is 0 Å². The lowest BCUT2D eigenvalue weighted by atomic mass is 10.2. The zero-order chi connectivity index (χ0) is 13.0. The summed E-state index contributed by atoms with van der Waals surface area (Å²) in [6, 6.07) is 3.89. The summed E-state index contributed by atoms with van der Waals surface area (Å²) in [7, 11) is 1.09. The number of nitrogens with zero attached hydrogens (tertiary/aromatic N) is 1. The third-order valence-electron chi connectivity index (χ3n) is 2.04. The second-order valence-electron chi connectivity index (χ2n) is 3.20. The van der Waals surface area contributed by atoms with Crippen molar-refractivity contribution in [2.75, 3.05) is 12.4 Å². The number of carbonyl (C=O) groups is 2. The molecule has 0 heterocycles. The molecule has 1 amide bonds. The minimum atomic E-state index is -1.03. The molecule has 1 rings (SSSR count). The van der Waals surface area contributed by atoms with Gasteiger partial charge in [-0.2, -0.15) is 0 Å². The molecule has 0 aliphatic rings. The number of anilines is 1. The lowest BCUT2D eigenvalue weighted by Gasteiger charge is -2.06. The Kier molecular flexibility index (Phi) is 3.76. The van der Waals surface area contributed by atoms with E-state index in [0.717, 1.165) is 7.11 Å². The maximum absolute atomic E-state index is 11.2. The van der Waals surface area contributed by atoms with Crippen molar-refractivity contribution in [1.29, 1.82) is 0 Å². The molecule has 0 spiro atoms. The van der Waals surface area contributed by atoms with Crippen molar-refractivity contribution >= 4 is 23.3 Å². The highest BCUT2D eigenvalue weighted by Crippen LogP contribution is 2.20. The number of carbonyl (C=O) groups excluding carboxylic acids is 2. The number of rotatable bonds is 2. The predicted molar refractivity (Wildman–Crippen MR) is 58.5 cm³/mol. The van der Waals surface area contributed by atoms with E-state index in [1.165, 1.54) is 18.2 Å². The van der Waals surface area contributed by atoms with Crippen LogP contribution >= 0.6 is 0 Å². The van der Waals surface area contributed by atoms with E-state index >= 15 is 0 Å². The van der Waals surface area contributed by atoms with Gasteiger partial charge in [0, 0.05) is 17.8 Å². The summed E-state index contributed by atoms with van der Waals surface area (Å²) in [4.78, 5) is 32.0. The lowest BCUT2D eigenvalue weighted by molar-refractivity contribution is -0.384. The predicted octanol–water partition coefficient (Wildman–Crippen LogP) is 1.01. The maximum Gasteiger partial charge on any atom is 0.396 e. The molecule has 1 aromatic carbocycles. The van der Waals surface area contributed by atoms with Crippen LogP contribution < -0.4 is 5.32 Å².